The molecule has 0 N–H and O–H groups in total. The van der Waals surface area contributed by atoms with E-state index >= 15 is 0 Å². The third-order valence-corrected chi connectivity index (χ3v) is 5.70. The molecule has 0 saturated carbocycles. The lowest BCUT2D eigenvalue weighted by Gasteiger charge is -2.08. The molecule has 0 bridgehead atoms. The van der Waals surface area contributed by atoms with Crippen molar-refractivity contribution in [1.82, 2.24) is 0 Å². The Morgan fingerprint density at radius 3 is 1.30 bits per heavy atom. The van der Waals surface area contributed by atoms with Crippen LogP contribution in [-0.2, 0) is 0 Å². The molecule has 0 spiro atoms. The summed E-state index contributed by atoms with van der Waals surface area (Å²) in [7, 11) is 1.35. The second-order valence-electron chi connectivity index (χ2n) is 7.48. The minimum atomic E-state index is -0.521. The lowest BCUT2D eigenvalue weighted by atomic mass is 10.0. The standard InChI is InChI=1S/C21H45FSi/c1-2-3-4-5-6-7-8-9-10-12-15-18-21(22)19-16-13-11-14-17-20-23/h21H,2-20H2,1,23H3. The molecule has 0 aromatic rings. The topological polar surface area (TPSA) is 0 Å². The molecule has 0 saturated heterocycles. The monoisotopic (exact) mass is 344 g/mol. The molecule has 140 valence electrons. The summed E-state index contributed by atoms with van der Waals surface area (Å²) in [6.07, 6.45) is 22.5. The smallest absolute Gasteiger partial charge is 0.100 e. The number of rotatable bonds is 19. The van der Waals surface area contributed by atoms with Gasteiger partial charge in [0.05, 0.1) is 0 Å². The highest BCUT2D eigenvalue weighted by atomic mass is 28.1. The molecule has 0 radical (unpaired) electrons. The van der Waals surface area contributed by atoms with Crippen LogP contribution in [0, 0.1) is 0 Å². The molecule has 0 rings (SSSR count). The summed E-state index contributed by atoms with van der Waals surface area (Å²) in [6, 6.07) is 1.44. The lowest BCUT2D eigenvalue weighted by molar-refractivity contribution is 0.279. The fraction of sp³-hybridized carbons (Fsp3) is 1.00. The summed E-state index contributed by atoms with van der Waals surface area (Å²) in [4.78, 5) is 0. The molecule has 23 heavy (non-hydrogen) atoms. The van der Waals surface area contributed by atoms with Crippen molar-refractivity contribution in [2.24, 2.45) is 0 Å². The zero-order valence-electron chi connectivity index (χ0n) is 16.4. The minimum Gasteiger partial charge on any atom is -0.247 e. The predicted octanol–water partition coefficient (Wildman–Crippen LogP) is 7.15. The predicted molar refractivity (Wildman–Crippen MR) is 108 cm³/mol. The Hall–Kier alpha value is 0.147. The van der Waals surface area contributed by atoms with E-state index in [4.69, 9.17) is 0 Å². The van der Waals surface area contributed by atoms with Crippen molar-refractivity contribution in [2.75, 3.05) is 0 Å². The number of alkyl halides is 1. The molecule has 0 amide bonds. The van der Waals surface area contributed by atoms with Crippen LogP contribution in [0.15, 0.2) is 0 Å². The van der Waals surface area contributed by atoms with Crippen molar-refractivity contribution in [2.45, 2.75) is 135 Å². The van der Waals surface area contributed by atoms with Crippen LogP contribution in [0.4, 0.5) is 4.39 Å². The zero-order valence-corrected chi connectivity index (χ0v) is 18.4. The molecule has 0 aliphatic heterocycles. The Morgan fingerprint density at radius 2 is 0.913 bits per heavy atom. The highest BCUT2D eigenvalue weighted by Crippen LogP contribution is 2.17. The van der Waals surface area contributed by atoms with Crippen LogP contribution in [0.5, 0.6) is 0 Å². The van der Waals surface area contributed by atoms with E-state index in [1.807, 2.05) is 0 Å². The van der Waals surface area contributed by atoms with Crippen LogP contribution >= 0.6 is 0 Å². The summed E-state index contributed by atoms with van der Waals surface area (Å²) in [5.74, 6) is 0. The van der Waals surface area contributed by atoms with Gasteiger partial charge in [-0.15, -0.1) is 0 Å². The van der Waals surface area contributed by atoms with Crippen molar-refractivity contribution < 1.29 is 4.39 Å². The number of hydrogen-bond acceptors (Lipinski definition) is 0. The quantitative estimate of drug-likeness (QED) is 0.172. The Labute approximate surface area is 149 Å². The maximum absolute atomic E-state index is 13.8. The van der Waals surface area contributed by atoms with E-state index in [0.717, 1.165) is 25.7 Å². The first-order chi connectivity index (χ1) is 11.3. The number of halogens is 1. The average molecular weight is 345 g/mol. The summed E-state index contributed by atoms with van der Waals surface area (Å²) < 4.78 is 13.8. The highest BCUT2D eigenvalue weighted by Gasteiger charge is 2.05. The third kappa shape index (κ3) is 20.1. The van der Waals surface area contributed by atoms with Gasteiger partial charge in [0, 0.05) is 10.2 Å². The van der Waals surface area contributed by atoms with Gasteiger partial charge in [-0.3, -0.25) is 0 Å². The van der Waals surface area contributed by atoms with E-state index in [-0.39, 0.29) is 0 Å². The fourth-order valence-electron chi connectivity index (χ4n) is 3.32. The maximum atomic E-state index is 13.8. The molecule has 0 heterocycles. The molecule has 1 atom stereocenters. The summed E-state index contributed by atoms with van der Waals surface area (Å²) in [5.41, 5.74) is 0. The van der Waals surface area contributed by atoms with Gasteiger partial charge in [0.25, 0.3) is 0 Å². The van der Waals surface area contributed by atoms with Crippen molar-refractivity contribution in [3.8, 4) is 0 Å². The molecule has 0 aromatic carbocycles. The van der Waals surface area contributed by atoms with Crippen molar-refractivity contribution >= 4 is 10.2 Å². The maximum Gasteiger partial charge on any atom is 0.100 e. The van der Waals surface area contributed by atoms with E-state index in [0.29, 0.717) is 0 Å². The van der Waals surface area contributed by atoms with E-state index in [1.165, 1.54) is 106 Å². The molecular formula is C21H45FSi. The number of unbranched alkanes of at least 4 members (excludes halogenated alkanes) is 14. The second kappa shape index (κ2) is 20.2. The summed E-state index contributed by atoms with van der Waals surface area (Å²) in [5, 5.41) is 0. The van der Waals surface area contributed by atoms with Crippen LogP contribution in [-0.4, -0.2) is 16.4 Å². The molecule has 0 nitrogen and oxygen atoms in total. The van der Waals surface area contributed by atoms with Gasteiger partial charge >= 0.3 is 0 Å². The molecule has 0 fully saturated rings. The average Bonchev–Trinajstić information content (AvgIpc) is 2.56. The van der Waals surface area contributed by atoms with Gasteiger partial charge in [-0.05, 0) is 12.8 Å². The second-order valence-corrected chi connectivity index (χ2v) is 8.48. The van der Waals surface area contributed by atoms with Crippen LogP contribution in [0.1, 0.15) is 122 Å². The SMILES string of the molecule is CCCCCCCCCCCCCC(F)CCCCCCC[SiH3]. The molecule has 1 unspecified atom stereocenters. The van der Waals surface area contributed by atoms with E-state index in [1.54, 1.807) is 0 Å². The van der Waals surface area contributed by atoms with Gasteiger partial charge in [-0.2, -0.15) is 0 Å². The first-order valence-electron chi connectivity index (χ1n) is 10.9. The normalized spacial score (nSPS) is 12.8. The van der Waals surface area contributed by atoms with Gasteiger partial charge in [-0.25, -0.2) is 4.39 Å². The summed E-state index contributed by atoms with van der Waals surface area (Å²) in [6.45, 7) is 2.27. The highest BCUT2D eigenvalue weighted by molar-refractivity contribution is 6.08. The van der Waals surface area contributed by atoms with Crippen molar-refractivity contribution in [1.29, 1.82) is 0 Å². The Balaban J connectivity index is 3.10. The van der Waals surface area contributed by atoms with Crippen LogP contribution < -0.4 is 0 Å². The van der Waals surface area contributed by atoms with E-state index < -0.39 is 6.17 Å². The largest absolute Gasteiger partial charge is 0.247 e. The van der Waals surface area contributed by atoms with Crippen molar-refractivity contribution in [3.63, 3.8) is 0 Å². The first-order valence-corrected chi connectivity index (χ1v) is 12.4. The Kier molecular flexibility index (Phi) is 20.3. The van der Waals surface area contributed by atoms with Crippen LogP contribution in [0.3, 0.4) is 0 Å². The Bertz CT molecular complexity index is 208. The molecule has 0 aliphatic rings. The Morgan fingerprint density at radius 1 is 0.565 bits per heavy atom. The van der Waals surface area contributed by atoms with Gasteiger partial charge < -0.3 is 0 Å². The van der Waals surface area contributed by atoms with Crippen molar-refractivity contribution in [3.05, 3.63) is 0 Å². The molecule has 0 aliphatic carbocycles. The van der Waals surface area contributed by atoms with Gasteiger partial charge in [0.1, 0.15) is 6.17 Å². The van der Waals surface area contributed by atoms with E-state index in [9.17, 15) is 4.39 Å². The molecule has 2 heteroatoms. The number of hydrogen-bond donors (Lipinski definition) is 0. The van der Waals surface area contributed by atoms with Crippen LogP contribution in [0.25, 0.3) is 0 Å². The fourth-order valence-corrected chi connectivity index (χ4v) is 3.82. The first kappa shape index (κ1) is 23.1. The lowest BCUT2D eigenvalue weighted by Crippen LogP contribution is -2.00. The van der Waals surface area contributed by atoms with E-state index in [2.05, 4.69) is 6.92 Å². The third-order valence-electron chi connectivity index (χ3n) is 4.99. The molecular weight excluding hydrogens is 299 g/mol. The minimum absolute atomic E-state index is 0.521. The van der Waals surface area contributed by atoms with Gasteiger partial charge in [0.15, 0.2) is 0 Å². The van der Waals surface area contributed by atoms with Gasteiger partial charge in [-0.1, -0.05) is 116 Å². The zero-order chi connectivity index (χ0) is 17.0. The van der Waals surface area contributed by atoms with Gasteiger partial charge in [0.2, 0.25) is 0 Å². The molecule has 0 aromatic heterocycles. The van der Waals surface area contributed by atoms with Crippen LogP contribution in [0.2, 0.25) is 6.04 Å². The summed E-state index contributed by atoms with van der Waals surface area (Å²) >= 11 is 0.